The van der Waals surface area contributed by atoms with Gasteiger partial charge in [-0.3, -0.25) is 35.0 Å². The number of para-hydroxylation sites is 1. The van der Waals surface area contributed by atoms with E-state index in [9.17, 15) is 25.0 Å². The zero-order valence-electron chi connectivity index (χ0n) is 17.0. The topological polar surface area (TPSA) is 133 Å². The summed E-state index contributed by atoms with van der Waals surface area (Å²) < 4.78 is 1.33. The number of hydrazone groups is 1. The van der Waals surface area contributed by atoms with Crippen LogP contribution in [0.1, 0.15) is 15.9 Å². The summed E-state index contributed by atoms with van der Waals surface area (Å²) in [7, 11) is 0. The number of carbonyl (C=O) groups is 1. The number of hydrogen-bond acceptors (Lipinski definition) is 7. The van der Waals surface area contributed by atoms with Crippen LogP contribution in [0.15, 0.2) is 71.8 Å². The lowest BCUT2D eigenvalue weighted by Crippen LogP contribution is -2.12. The van der Waals surface area contributed by atoms with E-state index >= 15 is 0 Å². The normalized spacial score (nSPS) is 11.1. The minimum Gasteiger partial charge on any atom is -0.272 e. The summed E-state index contributed by atoms with van der Waals surface area (Å²) in [5.74, 6) is -0.378. The summed E-state index contributed by atoms with van der Waals surface area (Å²) in [6.07, 6.45) is 1.32. The monoisotopic (exact) mass is 497 g/mol. The highest BCUT2D eigenvalue weighted by atomic mass is 35.5. The number of hydrogen-bond donors (Lipinski definition) is 1. The molecule has 1 N–H and O–H groups in total. The Hall–Kier alpha value is -4.28. The van der Waals surface area contributed by atoms with Crippen molar-refractivity contribution in [2.24, 2.45) is 5.10 Å². The summed E-state index contributed by atoms with van der Waals surface area (Å²) in [4.78, 5) is 33.9. The first kappa shape index (κ1) is 22.9. The molecule has 12 heteroatoms. The Balaban J connectivity index is 1.72. The van der Waals surface area contributed by atoms with Crippen molar-refractivity contribution in [1.82, 2.24) is 4.57 Å². The maximum absolute atomic E-state index is 13.2. The van der Waals surface area contributed by atoms with Crippen LogP contribution in [0.5, 0.6) is 0 Å². The van der Waals surface area contributed by atoms with Gasteiger partial charge in [0.05, 0.1) is 27.6 Å². The number of benzene rings is 3. The number of nitrogens with zero attached hydrogens (tertiary/aromatic N) is 4. The van der Waals surface area contributed by atoms with Crippen LogP contribution in [0.3, 0.4) is 0 Å². The molecule has 10 nitrogen and oxygen atoms in total. The smallest absolute Gasteiger partial charge is 0.272 e. The molecule has 0 aliphatic heterocycles. The minimum atomic E-state index is -0.755. The van der Waals surface area contributed by atoms with Gasteiger partial charge in [-0.05, 0) is 36.4 Å². The van der Waals surface area contributed by atoms with Crippen molar-refractivity contribution in [2.45, 2.75) is 0 Å². The standard InChI is InChI=1S/C22H13Cl2N5O5/c23-14-7-5-13(6-8-14)22(30)27-19-4-2-1-3-16(19)17(21(27)24)12-25-26-18-10-9-15(28(31)32)11-20(18)29(33)34/h1-12,26H/b25-12-. The molecular weight excluding hydrogens is 485 g/mol. The Labute approximate surface area is 201 Å². The van der Waals surface area contributed by atoms with E-state index < -0.39 is 21.2 Å². The van der Waals surface area contributed by atoms with Crippen LogP contribution < -0.4 is 5.43 Å². The summed E-state index contributed by atoms with van der Waals surface area (Å²) in [6, 6.07) is 16.5. The van der Waals surface area contributed by atoms with Crippen LogP contribution >= 0.6 is 23.2 Å². The van der Waals surface area contributed by atoms with E-state index in [-0.39, 0.29) is 16.7 Å². The molecule has 170 valence electrons. The number of nitro benzene ring substituents is 2. The molecule has 0 radical (unpaired) electrons. The fourth-order valence-corrected chi connectivity index (χ4v) is 3.77. The zero-order valence-corrected chi connectivity index (χ0v) is 18.5. The van der Waals surface area contributed by atoms with E-state index in [1.165, 1.54) is 16.8 Å². The van der Waals surface area contributed by atoms with E-state index in [1.807, 2.05) is 0 Å². The van der Waals surface area contributed by atoms with E-state index in [2.05, 4.69) is 10.5 Å². The van der Waals surface area contributed by atoms with Gasteiger partial charge in [0.25, 0.3) is 11.6 Å². The van der Waals surface area contributed by atoms with Gasteiger partial charge in [0.2, 0.25) is 0 Å². The van der Waals surface area contributed by atoms with E-state index in [0.29, 0.717) is 27.1 Å². The maximum Gasteiger partial charge on any atom is 0.301 e. The third-order valence-electron chi connectivity index (χ3n) is 4.92. The molecule has 0 aliphatic carbocycles. The second kappa shape index (κ2) is 9.30. The highest BCUT2D eigenvalue weighted by Crippen LogP contribution is 2.31. The molecule has 0 spiro atoms. The molecule has 4 aromatic rings. The van der Waals surface area contributed by atoms with Gasteiger partial charge in [-0.15, -0.1) is 0 Å². The number of aromatic nitrogens is 1. The molecular formula is C22H13Cl2N5O5. The number of anilines is 1. The van der Waals surface area contributed by atoms with Gasteiger partial charge in [0, 0.05) is 27.6 Å². The molecule has 34 heavy (non-hydrogen) atoms. The number of halogens is 2. The van der Waals surface area contributed by atoms with Gasteiger partial charge in [-0.2, -0.15) is 5.10 Å². The number of rotatable bonds is 6. The molecule has 0 fully saturated rings. The van der Waals surface area contributed by atoms with Gasteiger partial charge >= 0.3 is 5.69 Å². The number of carbonyl (C=O) groups excluding carboxylic acids is 1. The Morgan fingerprint density at radius 2 is 1.68 bits per heavy atom. The van der Waals surface area contributed by atoms with Crippen LogP contribution in [0, 0.1) is 20.2 Å². The molecule has 1 heterocycles. The molecule has 0 saturated heterocycles. The van der Waals surface area contributed by atoms with Crippen molar-refractivity contribution in [2.75, 3.05) is 5.43 Å². The van der Waals surface area contributed by atoms with E-state index in [1.54, 1.807) is 48.5 Å². The highest BCUT2D eigenvalue weighted by molar-refractivity contribution is 6.36. The van der Waals surface area contributed by atoms with Gasteiger partial charge in [-0.25, -0.2) is 0 Å². The number of non-ortho nitro benzene ring substituents is 1. The molecule has 4 rings (SSSR count). The molecule has 0 atom stereocenters. The quantitative estimate of drug-likeness (QED) is 0.200. The van der Waals surface area contributed by atoms with Crippen LogP contribution in [0.2, 0.25) is 10.2 Å². The van der Waals surface area contributed by atoms with Crippen LogP contribution in [0.25, 0.3) is 10.9 Å². The van der Waals surface area contributed by atoms with Crippen molar-refractivity contribution in [3.05, 3.63) is 108 Å². The Morgan fingerprint density at radius 1 is 0.971 bits per heavy atom. The number of nitro groups is 2. The predicted molar refractivity (Wildman–Crippen MR) is 129 cm³/mol. The van der Waals surface area contributed by atoms with Crippen molar-refractivity contribution >= 4 is 63.3 Å². The van der Waals surface area contributed by atoms with E-state index in [0.717, 1.165) is 12.1 Å². The van der Waals surface area contributed by atoms with Crippen LogP contribution in [-0.2, 0) is 0 Å². The molecule has 3 aromatic carbocycles. The third-order valence-corrected chi connectivity index (χ3v) is 5.54. The third kappa shape index (κ3) is 4.32. The maximum atomic E-state index is 13.2. The first-order chi connectivity index (χ1) is 16.3. The fraction of sp³-hybridized carbons (Fsp3) is 0. The number of nitrogens with one attached hydrogen (secondary N) is 1. The molecule has 0 unspecified atom stereocenters. The first-order valence-corrected chi connectivity index (χ1v) is 10.3. The van der Waals surface area contributed by atoms with Crippen molar-refractivity contribution in [1.29, 1.82) is 0 Å². The second-order valence-electron chi connectivity index (χ2n) is 6.95. The lowest BCUT2D eigenvalue weighted by molar-refractivity contribution is -0.393. The molecule has 1 aromatic heterocycles. The molecule has 0 bridgehead atoms. The molecule has 0 saturated carbocycles. The first-order valence-electron chi connectivity index (χ1n) is 9.59. The van der Waals surface area contributed by atoms with Gasteiger partial charge in [0.1, 0.15) is 10.8 Å². The van der Waals surface area contributed by atoms with Crippen molar-refractivity contribution in [3.63, 3.8) is 0 Å². The predicted octanol–water partition coefficient (Wildman–Crippen LogP) is 5.90. The summed E-state index contributed by atoms with van der Waals surface area (Å²) in [5.41, 5.74) is 2.83. The summed E-state index contributed by atoms with van der Waals surface area (Å²) in [5, 5.41) is 27.4. The average molecular weight is 498 g/mol. The van der Waals surface area contributed by atoms with Gasteiger partial charge in [0.15, 0.2) is 0 Å². The van der Waals surface area contributed by atoms with E-state index in [4.69, 9.17) is 23.2 Å². The van der Waals surface area contributed by atoms with Crippen LogP contribution in [-0.4, -0.2) is 26.5 Å². The average Bonchev–Trinajstić information content (AvgIpc) is 3.10. The van der Waals surface area contributed by atoms with Crippen molar-refractivity contribution < 1.29 is 14.6 Å². The highest BCUT2D eigenvalue weighted by Gasteiger charge is 2.21. The molecule has 0 amide bonds. The lowest BCUT2D eigenvalue weighted by atomic mass is 10.2. The SMILES string of the molecule is O=C(c1ccc(Cl)cc1)n1c(Cl)c(/C=N\Nc2ccc([N+](=O)[O-])cc2[N+](=O)[O-])c2ccccc21. The number of fused-ring (bicyclic) bond motifs is 1. The molecule has 0 aliphatic rings. The zero-order chi connectivity index (χ0) is 24.4. The minimum absolute atomic E-state index is 0.0519. The van der Waals surface area contributed by atoms with Gasteiger partial charge < -0.3 is 0 Å². The summed E-state index contributed by atoms with van der Waals surface area (Å²) in [6.45, 7) is 0. The Bertz CT molecular complexity index is 1480. The lowest BCUT2D eigenvalue weighted by Gasteiger charge is -2.06. The summed E-state index contributed by atoms with van der Waals surface area (Å²) >= 11 is 12.5. The van der Waals surface area contributed by atoms with Gasteiger partial charge in [-0.1, -0.05) is 41.4 Å². The van der Waals surface area contributed by atoms with Crippen molar-refractivity contribution in [3.8, 4) is 0 Å². The fourth-order valence-electron chi connectivity index (χ4n) is 3.32. The largest absolute Gasteiger partial charge is 0.301 e. The Morgan fingerprint density at radius 3 is 2.35 bits per heavy atom. The van der Waals surface area contributed by atoms with Crippen LogP contribution in [0.4, 0.5) is 17.1 Å². The second-order valence-corrected chi connectivity index (χ2v) is 7.75. The Kier molecular flexibility index (Phi) is 6.26.